The van der Waals surface area contributed by atoms with Crippen molar-refractivity contribution in [1.29, 1.82) is 5.26 Å². The summed E-state index contributed by atoms with van der Waals surface area (Å²) in [6.45, 7) is 5.93. The second-order valence-electron chi connectivity index (χ2n) is 5.34. The van der Waals surface area contributed by atoms with Crippen LogP contribution in [0.15, 0.2) is 18.2 Å². The molecule has 1 fully saturated rings. The summed E-state index contributed by atoms with van der Waals surface area (Å²) in [4.78, 5) is 15.0. The fourth-order valence-corrected chi connectivity index (χ4v) is 2.58. The van der Waals surface area contributed by atoms with Crippen molar-refractivity contribution in [1.82, 2.24) is 4.90 Å². The van der Waals surface area contributed by atoms with Crippen molar-refractivity contribution in [3.8, 4) is 6.07 Å². The third kappa shape index (κ3) is 2.58. The van der Waals surface area contributed by atoms with E-state index < -0.39 is 4.92 Å². The number of anilines is 1. The highest BCUT2D eigenvalue weighted by Crippen LogP contribution is 2.27. The first-order valence-electron chi connectivity index (χ1n) is 6.59. The van der Waals surface area contributed by atoms with E-state index in [4.69, 9.17) is 5.26 Å². The summed E-state index contributed by atoms with van der Waals surface area (Å²) in [6, 6.07) is 7.45. The van der Waals surface area contributed by atoms with E-state index in [0.29, 0.717) is 12.1 Å². The van der Waals surface area contributed by atoms with E-state index in [1.807, 2.05) is 6.07 Å². The van der Waals surface area contributed by atoms with E-state index >= 15 is 0 Å². The Bertz CT molecular complexity index is 555. The van der Waals surface area contributed by atoms with Crippen molar-refractivity contribution in [3.63, 3.8) is 0 Å². The van der Waals surface area contributed by atoms with Gasteiger partial charge in [-0.25, -0.2) is 0 Å². The van der Waals surface area contributed by atoms with Gasteiger partial charge in [0, 0.05) is 36.9 Å². The fourth-order valence-electron chi connectivity index (χ4n) is 2.58. The average molecular weight is 274 g/mol. The minimum absolute atomic E-state index is 0.106. The van der Waals surface area contributed by atoms with Crippen LogP contribution in [0.25, 0.3) is 0 Å². The Hall–Kier alpha value is -2.13. The standard InChI is InChI=1S/C14H18N4O2/c1-10-8-17(9-11(2)16(10)3)13-5-4-12(7-15)14(6-13)18(19)20/h4-6,10-11H,8-9H2,1-3H3. The first kappa shape index (κ1) is 14.3. The number of nitro groups is 1. The molecule has 1 aromatic rings. The van der Waals surface area contributed by atoms with E-state index in [-0.39, 0.29) is 11.3 Å². The van der Waals surface area contributed by atoms with Crippen molar-refractivity contribution < 1.29 is 4.92 Å². The molecule has 2 rings (SSSR count). The van der Waals surface area contributed by atoms with Crippen molar-refractivity contribution in [2.24, 2.45) is 0 Å². The number of nitro benzene ring substituents is 1. The molecule has 1 aliphatic rings. The Labute approximate surface area is 118 Å². The van der Waals surface area contributed by atoms with Gasteiger partial charge in [-0.1, -0.05) is 0 Å². The molecule has 1 saturated heterocycles. The van der Waals surface area contributed by atoms with E-state index in [1.54, 1.807) is 6.07 Å². The number of rotatable bonds is 2. The molecule has 0 radical (unpaired) electrons. The van der Waals surface area contributed by atoms with Gasteiger partial charge < -0.3 is 4.90 Å². The van der Waals surface area contributed by atoms with Gasteiger partial charge >= 0.3 is 0 Å². The van der Waals surface area contributed by atoms with Gasteiger partial charge in [0.05, 0.1) is 4.92 Å². The van der Waals surface area contributed by atoms with Crippen molar-refractivity contribution in [2.75, 3.05) is 25.0 Å². The molecule has 1 heterocycles. The van der Waals surface area contributed by atoms with Crippen LogP contribution in [0.1, 0.15) is 19.4 Å². The lowest BCUT2D eigenvalue weighted by Crippen LogP contribution is -2.55. The molecule has 0 saturated carbocycles. The zero-order valence-electron chi connectivity index (χ0n) is 11.9. The van der Waals surface area contributed by atoms with E-state index in [2.05, 4.69) is 30.7 Å². The van der Waals surface area contributed by atoms with E-state index in [1.165, 1.54) is 12.1 Å². The molecule has 0 bridgehead atoms. The van der Waals surface area contributed by atoms with Crippen LogP contribution in [-0.4, -0.2) is 42.0 Å². The SMILES string of the molecule is CC1CN(c2ccc(C#N)c([N+](=O)[O-])c2)CC(C)N1C. The molecule has 1 aliphatic heterocycles. The summed E-state index contributed by atoms with van der Waals surface area (Å²) in [7, 11) is 2.09. The third-order valence-electron chi connectivity index (χ3n) is 4.02. The zero-order chi connectivity index (χ0) is 14.9. The predicted octanol–water partition coefficient (Wildman–Crippen LogP) is 2.00. The minimum Gasteiger partial charge on any atom is -0.368 e. The summed E-state index contributed by atoms with van der Waals surface area (Å²) in [6.07, 6.45) is 0. The molecular formula is C14H18N4O2. The van der Waals surface area contributed by atoms with Crippen molar-refractivity contribution >= 4 is 11.4 Å². The van der Waals surface area contributed by atoms with Crippen LogP contribution in [-0.2, 0) is 0 Å². The fraction of sp³-hybridized carbons (Fsp3) is 0.500. The second kappa shape index (κ2) is 5.47. The first-order chi connectivity index (χ1) is 9.43. The largest absolute Gasteiger partial charge is 0.368 e. The molecule has 2 atom stereocenters. The summed E-state index contributed by atoms with van der Waals surface area (Å²) in [5, 5.41) is 19.9. The van der Waals surface area contributed by atoms with Gasteiger partial charge in [-0.15, -0.1) is 0 Å². The van der Waals surface area contributed by atoms with Crippen LogP contribution >= 0.6 is 0 Å². The van der Waals surface area contributed by atoms with Gasteiger partial charge in [0.25, 0.3) is 5.69 Å². The Morgan fingerprint density at radius 2 is 1.95 bits per heavy atom. The summed E-state index contributed by atoms with van der Waals surface area (Å²) in [5.41, 5.74) is 0.792. The summed E-state index contributed by atoms with van der Waals surface area (Å²) >= 11 is 0. The van der Waals surface area contributed by atoms with Gasteiger partial charge in [0.1, 0.15) is 11.6 Å². The average Bonchev–Trinajstić information content (AvgIpc) is 2.43. The molecule has 0 amide bonds. The highest BCUT2D eigenvalue weighted by molar-refractivity contribution is 5.60. The van der Waals surface area contributed by atoms with Crippen molar-refractivity contribution in [2.45, 2.75) is 25.9 Å². The molecule has 0 N–H and O–H groups in total. The second-order valence-corrected chi connectivity index (χ2v) is 5.34. The molecular weight excluding hydrogens is 256 g/mol. The maximum Gasteiger partial charge on any atom is 0.289 e. The number of nitrogens with zero attached hydrogens (tertiary/aromatic N) is 4. The smallest absolute Gasteiger partial charge is 0.289 e. The van der Waals surface area contributed by atoms with Crippen LogP contribution in [0.3, 0.4) is 0 Å². The predicted molar refractivity (Wildman–Crippen MR) is 76.7 cm³/mol. The van der Waals surface area contributed by atoms with Crippen LogP contribution < -0.4 is 4.90 Å². The van der Waals surface area contributed by atoms with E-state index in [9.17, 15) is 10.1 Å². The molecule has 0 spiro atoms. The Morgan fingerprint density at radius 1 is 1.35 bits per heavy atom. The van der Waals surface area contributed by atoms with Crippen LogP contribution in [0.2, 0.25) is 0 Å². The van der Waals surface area contributed by atoms with Gasteiger partial charge in [-0.3, -0.25) is 15.0 Å². The molecule has 6 nitrogen and oxygen atoms in total. The lowest BCUT2D eigenvalue weighted by molar-refractivity contribution is -0.385. The lowest BCUT2D eigenvalue weighted by Gasteiger charge is -2.43. The van der Waals surface area contributed by atoms with Gasteiger partial charge in [0.2, 0.25) is 0 Å². The van der Waals surface area contributed by atoms with Crippen LogP contribution in [0.4, 0.5) is 11.4 Å². The molecule has 2 unspecified atom stereocenters. The maximum absolute atomic E-state index is 11.0. The zero-order valence-corrected chi connectivity index (χ0v) is 11.9. The Balaban J connectivity index is 2.32. The third-order valence-corrected chi connectivity index (χ3v) is 4.02. The normalized spacial score (nSPS) is 23.4. The lowest BCUT2D eigenvalue weighted by atomic mass is 10.1. The number of likely N-dealkylation sites (N-methyl/N-ethyl adjacent to an activating group) is 1. The summed E-state index contributed by atoms with van der Waals surface area (Å²) in [5.74, 6) is 0. The highest BCUT2D eigenvalue weighted by atomic mass is 16.6. The van der Waals surface area contributed by atoms with Crippen LogP contribution in [0, 0.1) is 21.4 Å². The molecule has 106 valence electrons. The molecule has 1 aromatic carbocycles. The Kier molecular flexibility index (Phi) is 3.91. The molecule has 0 aliphatic carbocycles. The van der Waals surface area contributed by atoms with Gasteiger partial charge in [-0.2, -0.15) is 5.26 Å². The van der Waals surface area contributed by atoms with Crippen LogP contribution in [0.5, 0.6) is 0 Å². The van der Waals surface area contributed by atoms with Gasteiger partial charge in [-0.05, 0) is 33.0 Å². The number of hydrogen-bond donors (Lipinski definition) is 0. The van der Waals surface area contributed by atoms with Crippen molar-refractivity contribution in [3.05, 3.63) is 33.9 Å². The number of piperazine rings is 1. The summed E-state index contributed by atoms with van der Waals surface area (Å²) < 4.78 is 0. The number of benzene rings is 1. The molecule has 0 aromatic heterocycles. The topological polar surface area (TPSA) is 73.4 Å². The van der Waals surface area contributed by atoms with Gasteiger partial charge in [0.15, 0.2) is 0 Å². The van der Waals surface area contributed by atoms with E-state index in [0.717, 1.165) is 18.8 Å². The number of nitriles is 1. The maximum atomic E-state index is 11.0. The number of hydrogen-bond acceptors (Lipinski definition) is 5. The quantitative estimate of drug-likeness (QED) is 0.609. The minimum atomic E-state index is -0.495. The molecule has 6 heteroatoms. The first-order valence-corrected chi connectivity index (χ1v) is 6.59. The Morgan fingerprint density at radius 3 is 2.45 bits per heavy atom. The highest BCUT2D eigenvalue weighted by Gasteiger charge is 2.27. The monoisotopic (exact) mass is 274 g/mol. The molecule has 20 heavy (non-hydrogen) atoms.